The Bertz CT molecular complexity index is 414. The van der Waals surface area contributed by atoms with E-state index < -0.39 is 0 Å². The molecule has 0 amide bonds. The Morgan fingerprint density at radius 2 is 1.81 bits per heavy atom. The molecule has 5 nitrogen and oxygen atoms in total. The summed E-state index contributed by atoms with van der Waals surface area (Å²) >= 11 is 0. The topological polar surface area (TPSA) is 51.6 Å². The van der Waals surface area contributed by atoms with Crippen LogP contribution in [-0.2, 0) is 0 Å². The first-order valence-electron chi connectivity index (χ1n) is 8.08. The standard InChI is InChI=1S/C16H26N4O/c21-15-3-9-19(10-4-15)13-16(14-1-5-17-6-2-14)20-11-7-18-8-12-20/h1-2,5-6,15-16,18,21H,3-4,7-13H2. The number of piperidine rings is 1. The quantitative estimate of drug-likeness (QED) is 0.845. The van der Waals surface area contributed by atoms with Gasteiger partial charge in [-0.2, -0.15) is 0 Å². The van der Waals surface area contributed by atoms with Crippen molar-refractivity contribution in [1.82, 2.24) is 20.1 Å². The van der Waals surface area contributed by atoms with Crippen molar-refractivity contribution in [3.05, 3.63) is 30.1 Å². The largest absolute Gasteiger partial charge is 0.393 e. The second-order valence-corrected chi connectivity index (χ2v) is 6.11. The van der Waals surface area contributed by atoms with Crippen molar-refractivity contribution < 1.29 is 5.11 Å². The molecule has 0 spiro atoms. The molecule has 0 aromatic carbocycles. The number of nitrogens with one attached hydrogen (secondary N) is 1. The van der Waals surface area contributed by atoms with E-state index in [0.717, 1.165) is 58.7 Å². The van der Waals surface area contributed by atoms with Crippen molar-refractivity contribution in [2.24, 2.45) is 0 Å². The minimum absolute atomic E-state index is 0.0974. The van der Waals surface area contributed by atoms with E-state index in [1.807, 2.05) is 12.4 Å². The lowest BCUT2D eigenvalue weighted by molar-refractivity contribution is 0.0589. The number of rotatable bonds is 4. The molecule has 2 N–H and O–H groups in total. The second-order valence-electron chi connectivity index (χ2n) is 6.11. The molecule has 1 aromatic rings. The summed E-state index contributed by atoms with van der Waals surface area (Å²) in [5, 5.41) is 13.1. The van der Waals surface area contributed by atoms with E-state index in [1.165, 1.54) is 5.56 Å². The van der Waals surface area contributed by atoms with Crippen LogP contribution in [0.4, 0.5) is 0 Å². The number of nitrogens with zero attached hydrogens (tertiary/aromatic N) is 3. The van der Waals surface area contributed by atoms with Crippen LogP contribution >= 0.6 is 0 Å². The number of hydrogen-bond donors (Lipinski definition) is 2. The normalized spacial score (nSPS) is 24.0. The van der Waals surface area contributed by atoms with E-state index in [-0.39, 0.29) is 6.10 Å². The molecule has 21 heavy (non-hydrogen) atoms. The molecular weight excluding hydrogens is 264 g/mol. The zero-order chi connectivity index (χ0) is 14.5. The molecule has 2 saturated heterocycles. The van der Waals surface area contributed by atoms with Gasteiger partial charge in [-0.3, -0.25) is 9.88 Å². The number of likely N-dealkylation sites (tertiary alicyclic amines) is 1. The maximum absolute atomic E-state index is 9.67. The van der Waals surface area contributed by atoms with Gasteiger partial charge in [0.2, 0.25) is 0 Å². The second kappa shape index (κ2) is 7.31. The van der Waals surface area contributed by atoms with Crippen molar-refractivity contribution in [2.75, 3.05) is 45.8 Å². The van der Waals surface area contributed by atoms with Crippen LogP contribution in [-0.4, -0.2) is 71.8 Å². The van der Waals surface area contributed by atoms with Crippen molar-refractivity contribution in [3.8, 4) is 0 Å². The zero-order valence-electron chi connectivity index (χ0n) is 12.6. The van der Waals surface area contributed by atoms with Crippen LogP contribution in [0.25, 0.3) is 0 Å². The number of aliphatic hydroxyl groups excluding tert-OH is 1. The van der Waals surface area contributed by atoms with Gasteiger partial charge in [0, 0.05) is 64.2 Å². The minimum Gasteiger partial charge on any atom is -0.393 e. The number of hydrogen-bond acceptors (Lipinski definition) is 5. The molecular formula is C16H26N4O. The Morgan fingerprint density at radius 3 is 2.48 bits per heavy atom. The zero-order valence-corrected chi connectivity index (χ0v) is 12.6. The minimum atomic E-state index is -0.0974. The van der Waals surface area contributed by atoms with E-state index in [2.05, 4.69) is 32.2 Å². The number of piperazine rings is 1. The molecule has 3 heterocycles. The predicted octanol–water partition coefficient (Wildman–Crippen LogP) is 0.485. The molecule has 0 radical (unpaired) electrons. The molecule has 1 atom stereocenters. The Hall–Kier alpha value is -1.01. The van der Waals surface area contributed by atoms with Crippen molar-refractivity contribution >= 4 is 0 Å². The van der Waals surface area contributed by atoms with Gasteiger partial charge in [0.05, 0.1) is 6.10 Å². The van der Waals surface area contributed by atoms with Crippen molar-refractivity contribution in [1.29, 1.82) is 0 Å². The first-order valence-corrected chi connectivity index (χ1v) is 8.08. The number of pyridine rings is 1. The third kappa shape index (κ3) is 4.01. The molecule has 1 aromatic heterocycles. The van der Waals surface area contributed by atoms with Crippen LogP contribution in [0.5, 0.6) is 0 Å². The molecule has 2 aliphatic heterocycles. The highest BCUT2D eigenvalue weighted by Crippen LogP contribution is 2.23. The monoisotopic (exact) mass is 290 g/mol. The fourth-order valence-corrected chi connectivity index (χ4v) is 3.36. The lowest BCUT2D eigenvalue weighted by Gasteiger charge is -2.39. The Kier molecular flexibility index (Phi) is 5.19. The fraction of sp³-hybridized carbons (Fsp3) is 0.688. The van der Waals surface area contributed by atoms with Gasteiger partial charge in [0.15, 0.2) is 0 Å². The average Bonchev–Trinajstić information content (AvgIpc) is 2.56. The van der Waals surface area contributed by atoms with Gasteiger partial charge in [0.25, 0.3) is 0 Å². The lowest BCUT2D eigenvalue weighted by Crippen LogP contribution is -2.49. The van der Waals surface area contributed by atoms with Crippen LogP contribution in [0.2, 0.25) is 0 Å². The average molecular weight is 290 g/mol. The summed E-state index contributed by atoms with van der Waals surface area (Å²) in [6.07, 6.45) is 5.50. The molecule has 2 fully saturated rings. The summed E-state index contributed by atoms with van der Waals surface area (Å²) in [6.45, 7) is 7.41. The Morgan fingerprint density at radius 1 is 1.14 bits per heavy atom. The van der Waals surface area contributed by atoms with E-state index in [9.17, 15) is 5.11 Å². The maximum Gasteiger partial charge on any atom is 0.0564 e. The molecule has 116 valence electrons. The SMILES string of the molecule is OC1CCN(CC(c2ccncc2)N2CCNCC2)CC1. The lowest BCUT2D eigenvalue weighted by atomic mass is 10.0. The first kappa shape index (κ1) is 14.9. The number of aromatic nitrogens is 1. The molecule has 5 heteroatoms. The molecule has 2 aliphatic rings. The third-order valence-corrected chi connectivity index (χ3v) is 4.67. The molecule has 0 saturated carbocycles. The highest BCUT2D eigenvalue weighted by atomic mass is 16.3. The van der Waals surface area contributed by atoms with E-state index in [1.54, 1.807) is 0 Å². The van der Waals surface area contributed by atoms with Gasteiger partial charge in [-0.05, 0) is 30.5 Å². The molecule has 0 aliphatic carbocycles. The summed E-state index contributed by atoms with van der Waals surface area (Å²) in [6, 6.07) is 4.72. The number of aliphatic hydroxyl groups is 1. The molecule has 1 unspecified atom stereocenters. The Balaban J connectivity index is 1.69. The van der Waals surface area contributed by atoms with Gasteiger partial charge in [-0.25, -0.2) is 0 Å². The highest BCUT2D eigenvalue weighted by molar-refractivity contribution is 5.16. The van der Waals surface area contributed by atoms with E-state index in [4.69, 9.17) is 0 Å². The molecule has 0 bridgehead atoms. The third-order valence-electron chi connectivity index (χ3n) is 4.67. The van der Waals surface area contributed by atoms with Gasteiger partial charge in [0.1, 0.15) is 0 Å². The van der Waals surface area contributed by atoms with Gasteiger partial charge in [-0.15, -0.1) is 0 Å². The van der Waals surface area contributed by atoms with Crippen LogP contribution in [0.3, 0.4) is 0 Å². The first-order chi connectivity index (χ1) is 10.3. The van der Waals surface area contributed by atoms with E-state index in [0.29, 0.717) is 6.04 Å². The fourth-order valence-electron chi connectivity index (χ4n) is 3.36. The highest BCUT2D eigenvalue weighted by Gasteiger charge is 2.26. The molecule has 3 rings (SSSR count). The van der Waals surface area contributed by atoms with Crippen LogP contribution < -0.4 is 5.32 Å². The van der Waals surface area contributed by atoms with E-state index >= 15 is 0 Å². The van der Waals surface area contributed by atoms with Gasteiger partial charge < -0.3 is 15.3 Å². The van der Waals surface area contributed by atoms with Gasteiger partial charge >= 0.3 is 0 Å². The van der Waals surface area contributed by atoms with Crippen molar-refractivity contribution in [2.45, 2.75) is 25.0 Å². The summed E-state index contributed by atoms with van der Waals surface area (Å²) in [5.74, 6) is 0. The summed E-state index contributed by atoms with van der Waals surface area (Å²) in [4.78, 5) is 9.23. The van der Waals surface area contributed by atoms with Crippen LogP contribution in [0.15, 0.2) is 24.5 Å². The summed E-state index contributed by atoms with van der Waals surface area (Å²) < 4.78 is 0. The Labute approximate surface area is 127 Å². The predicted molar refractivity (Wildman–Crippen MR) is 83.1 cm³/mol. The smallest absolute Gasteiger partial charge is 0.0564 e. The van der Waals surface area contributed by atoms with Crippen molar-refractivity contribution in [3.63, 3.8) is 0 Å². The van der Waals surface area contributed by atoms with Crippen LogP contribution in [0.1, 0.15) is 24.4 Å². The van der Waals surface area contributed by atoms with Gasteiger partial charge in [-0.1, -0.05) is 0 Å². The van der Waals surface area contributed by atoms with Crippen LogP contribution in [0, 0.1) is 0 Å². The summed E-state index contributed by atoms with van der Waals surface area (Å²) in [7, 11) is 0. The maximum atomic E-state index is 9.67. The summed E-state index contributed by atoms with van der Waals surface area (Å²) in [5.41, 5.74) is 1.36.